The third kappa shape index (κ3) is 7.69. The van der Waals surface area contributed by atoms with Crippen LogP contribution in [-0.2, 0) is 13.1 Å². The Labute approximate surface area is 261 Å². The summed E-state index contributed by atoms with van der Waals surface area (Å²) in [6, 6.07) is 24.5. The van der Waals surface area contributed by atoms with Crippen LogP contribution in [0, 0.1) is 10.1 Å². The minimum atomic E-state index is -0.512. The van der Waals surface area contributed by atoms with Gasteiger partial charge in [-0.05, 0) is 70.7 Å². The van der Waals surface area contributed by atoms with Crippen LogP contribution in [0.1, 0.15) is 17.5 Å². The van der Waals surface area contributed by atoms with Gasteiger partial charge in [0.25, 0.3) is 0 Å². The molecular weight excluding hydrogens is 582 g/mol. The van der Waals surface area contributed by atoms with E-state index in [4.69, 9.17) is 25.8 Å². The van der Waals surface area contributed by atoms with Crippen LogP contribution in [0.4, 0.5) is 11.5 Å². The summed E-state index contributed by atoms with van der Waals surface area (Å²) >= 11 is 5.93. The zero-order valence-corrected chi connectivity index (χ0v) is 25.0. The number of imidazole rings is 1. The third-order valence-corrected chi connectivity index (χ3v) is 8.00. The monoisotopic (exact) mass is 615 g/mol. The molecule has 4 aromatic rings. The van der Waals surface area contributed by atoms with Gasteiger partial charge < -0.3 is 29.2 Å². The maximum atomic E-state index is 11.0. The zero-order chi connectivity index (χ0) is 30.3. The predicted molar refractivity (Wildman–Crippen MR) is 170 cm³/mol. The van der Waals surface area contributed by atoms with E-state index in [1.165, 1.54) is 17.4 Å². The van der Waals surface area contributed by atoms with Gasteiger partial charge in [-0.15, -0.1) is 0 Å². The largest absolute Gasteiger partial charge is 0.490 e. The van der Waals surface area contributed by atoms with Crippen molar-refractivity contribution in [2.75, 3.05) is 44.3 Å². The molecule has 1 saturated heterocycles. The molecule has 0 bridgehead atoms. The van der Waals surface area contributed by atoms with Crippen molar-refractivity contribution in [2.45, 2.75) is 25.6 Å². The Kier molecular flexibility index (Phi) is 9.28. The fraction of sp³-hybridized carbons (Fsp3) is 0.303. The van der Waals surface area contributed by atoms with Crippen molar-refractivity contribution in [3.8, 4) is 17.5 Å². The van der Waals surface area contributed by atoms with Crippen molar-refractivity contribution < 1.29 is 19.1 Å². The van der Waals surface area contributed by atoms with Crippen LogP contribution in [0.5, 0.6) is 17.5 Å². The molecule has 0 amide bonds. The molecule has 0 N–H and O–H groups in total. The molecule has 0 spiro atoms. The number of hydrogen-bond donors (Lipinski definition) is 0. The lowest BCUT2D eigenvalue weighted by molar-refractivity contribution is -0.389. The van der Waals surface area contributed by atoms with Gasteiger partial charge in [0.05, 0.1) is 0 Å². The van der Waals surface area contributed by atoms with Crippen LogP contribution in [0.2, 0.25) is 5.02 Å². The van der Waals surface area contributed by atoms with Crippen LogP contribution in [0.3, 0.4) is 0 Å². The highest BCUT2D eigenvalue weighted by Gasteiger charge is 2.28. The molecule has 1 atom stereocenters. The minimum absolute atomic E-state index is 0.201. The van der Waals surface area contributed by atoms with Crippen LogP contribution in [0.25, 0.3) is 6.08 Å². The standard InChI is InChI=1S/C33H34ClN5O5/c34-27-7-3-25(4-8-27)2-1-21-42-29-11-5-26(6-12-29)22-36-17-19-37(20-18-36)28-9-13-30(14-10-28)43-24-31-15-16-38-23-32(39(40)41)35-33(38)44-31/h1-14,23,31H,15-22,24H2/b2-1+/t31-/m1/s1. The predicted octanol–water partition coefficient (Wildman–Crippen LogP) is 6.09. The average molecular weight is 616 g/mol. The van der Waals surface area contributed by atoms with Gasteiger partial charge in [-0.3, -0.25) is 9.47 Å². The molecule has 2 aliphatic heterocycles. The summed E-state index contributed by atoms with van der Waals surface area (Å²) in [7, 11) is 0. The minimum Gasteiger partial charge on any atom is -0.490 e. The summed E-state index contributed by atoms with van der Waals surface area (Å²) in [5.74, 6) is 1.42. The Morgan fingerprint density at radius 2 is 1.64 bits per heavy atom. The number of aryl methyl sites for hydroxylation is 1. The number of piperazine rings is 1. The lowest BCUT2D eigenvalue weighted by atomic mass is 10.1. The van der Waals surface area contributed by atoms with Crippen LogP contribution >= 0.6 is 11.6 Å². The highest BCUT2D eigenvalue weighted by molar-refractivity contribution is 6.30. The van der Waals surface area contributed by atoms with E-state index in [-0.39, 0.29) is 17.9 Å². The van der Waals surface area contributed by atoms with E-state index >= 15 is 0 Å². The first kappa shape index (κ1) is 29.5. The Balaban J connectivity index is 0.904. The molecule has 1 fully saturated rings. The van der Waals surface area contributed by atoms with Crippen LogP contribution in [-0.4, -0.2) is 64.9 Å². The van der Waals surface area contributed by atoms with E-state index in [1.54, 1.807) is 4.57 Å². The fourth-order valence-electron chi connectivity index (χ4n) is 5.29. The van der Waals surface area contributed by atoms with E-state index in [2.05, 4.69) is 39.0 Å². The number of fused-ring (bicyclic) bond motifs is 1. The van der Waals surface area contributed by atoms with Gasteiger partial charge in [-0.25, -0.2) is 0 Å². The summed E-state index contributed by atoms with van der Waals surface area (Å²) < 4.78 is 19.3. The zero-order valence-electron chi connectivity index (χ0n) is 24.3. The first-order chi connectivity index (χ1) is 21.5. The van der Waals surface area contributed by atoms with E-state index < -0.39 is 4.92 Å². The number of nitrogens with zero attached hydrogens (tertiary/aromatic N) is 5. The number of rotatable bonds is 11. The second-order valence-electron chi connectivity index (χ2n) is 10.8. The van der Waals surface area contributed by atoms with Crippen LogP contribution in [0.15, 0.2) is 85.1 Å². The van der Waals surface area contributed by atoms with Gasteiger partial charge in [-0.2, -0.15) is 0 Å². The second kappa shape index (κ2) is 13.8. The van der Waals surface area contributed by atoms with Gasteiger partial charge in [0.15, 0.2) is 0 Å². The normalized spacial score (nSPS) is 16.8. The Hall–Kier alpha value is -4.54. The van der Waals surface area contributed by atoms with Crippen LogP contribution < -0.4 is 19.1 Å². The van der Waals surface area contributed by atoms with Crippen molar-refractivity contribution in [3.63, 3.8) is 0 Å². The van der Waals surface area contributed by atoms with E-state index in [9.17, 15) is 10.1 Å². The molecule has 3 heterocycles. The average Bonchev–Trinajstić information content (AvgIpc) is 3.49. The van der Waals surface area contributed by atoms with E-state index in [1.807, 2.05) is 60.7 Å². The van der Waals surface area contributed by atoms with Crippen molar-refractivity contribution in [3.05, 3.63) is 111 Å². The number of aromatic nitrogens is 2. The second-order valence-corrected chi connectivity index (χ2v) is 11.3. The first-order valence-electron chi connectivity index (χ1n) is 14.7. The number of ether oxygens (including phenoxy) is 3. The number of nitro groups is 1. The Morgan fingerprint density at radius 1 is 0.932 bits per heavy atom. The van der Waals surface area contributed by atoms with E-state index in [0.29, 0.717) is 26.2 Å². The smallest absolute Gasteiger partial charge is 0.414 e. The van der Waals surface area contributed by atoms with Gasteiger partial charge >= 0.3 is 11.8 Å². The van der Waals surface area contributed by atoms with E-state index in [0.717, 1.165) is 54.8 Å². The van der Waals surface area contributed by atoms with Gasteiger partial charge in [-0.1, -0.05) is 41.9 Å². The summed E-state index contributed by atoms with van der Waals surface area (Å²) in [5.41, 5.74) is 3.54. The highest BCUT2D eigenvalue weighted by atomic mass is 35.5. The molecule has 0 saturated carbocycles. The molecular formula is C33H34ClN5O5. The maximum Gasteiger partial charge on any atom is 0.414 e. The molecule has 10 nitrogen and oxygen atoms in total. The lowest BCUT2D eigenvalue weighted by Crippen LogP contribution is -2.45. The van der Waals surface area contributed by atoms with Gasteiger partial charge in [0.1, 0.15) is 37.0 Å². The summed E-state index contributed by atoms with van der Waals surface area (Å²) in [5, 5.41) is 11.7. The topological polar surface area (TPSA) is 95.1 Å². The van der Waals surface area contributed by atoms with Crippen molar-refractivity contribution in [1.82, 2.24) is 14.5 Å². The van der Waals surface area contributed by atoms with Crippen molar-refractivity contribution in [1.29, 1.82) is 0 Å². The van der Waals surface area contributed by atoms with Gasteiger partial charge in [0.2, 0.25) is 0 Å². The number of hydrogen-bond acceptors (Lipinski definition) is 8. The summed E-state index contributed by atoms with van der Waals surface area (Å²) in [6.45, 7) is 6.26. The maximum absolute atomic E-state index is 11.0. The number of benzene rings is 3. The molecule has 228 valence electrons. The molecule has 6 rings (SSSR count). The molecule has 0 radical (unpaired) electrons. The highest BCUT2D eigenvalue weighted by Crippen LogP contribution is 2.26. The molecule has 44 heavy (non-hydrogen) atoms. The fourth-order valence-corrected chi connectivity index (χ4v) is 5.42. The molecule has 1 aromatic heterocycles. The SMILES string of the molecule is O=[N+]([O-])c1cn2c(n1)O[C@@H](COc1ccc(N3CCN(Cc4ccc(OC/C=C/c5ccc(Cl)cc5)cc4)CC3)cc1)CC2. The third-order valence-electron chi connectivity index (χ3n) is 7.74. The number of anilines is 1. The molecule has 2 aliphatic rings. The first-order valence-corrected chi connectivity index (χ1v) is 15.1. The summed E-state index contributed by atoms with van der Waals surface area (Å²) in [6.07, 6.45) is 5.92. The van der Waals surface area contributed by atoms with Crippen molar-refractivity contribution in [2.24, 2.45) is 0 Å². The van der Waals surface area contributed by atoms with Crippen molar-refractivity contribution >= 4 is 29.2 Å². The Morgan fingerprint density at radius 3 is 2.36 bits per heavy atom. The summed E-state index contributed by atoms with van der Waals surface area (Å²) in [4.78, 5) is 19.3. The molecule has 0 unspecified atom stereocenters. The number of halogens is 1. The van der Waals surface area contributed by atoms with Gasteiger partial charge in [0, 0.05) is 61.4 Å². The quantitative estimate of drug-likeness (QED) is 0.148. The lowest BCUT2D eigenvalue weighted by Gasteiger charge is -2.36. The molecule has 11 heteroatoms. The molecule has 0 aliphatic carbocycles. The Bertz CT molecular complexity index is 1570. The molecule has 3 aromatic carbocycles.